The molecule has 142 valence electrons. The highest BCUT2D eigenvalue weighted by Gasteiger charge is 2.28. The third-order valence-corrected chi connectivity index (χ3v) is 5.03. The quantitative estimate of drug-likeness (QED) is 0.426. The fourth-order valence-electron chi connectivity index (χ4n) is 3.74. The standard InChI is InChI=1S/C20H29N5.HI/c1-16-13-23-25(14-16)12-10-22-20(21-3)24-11-9-19(17(2)15-24)18-7-5-4-6-8-18;/h4-8,13-14,17,19H,9-12,15H2,1-3H3,(H,21,22);1H. The van der Waals surface area contributed by atoms with Crippen molar-refractivity contribution >= 4 is 29.9 Å². The molecular weight excluding hydrogens is 437 g/mol. The predicted octanol–water partition coefficient (Wildman–Crippen LogP) is 3.51. The molecule has 2 unspecified atom stereocenters. The first kappa shape index (κ1) is 20.7. The van der Waals surface area contributed by atoms with Crippen molar-refractivity contribution in [1.29, 1.82) is 0 Å². The number of benzene rings is 1. The van der Waals surface area contributed by atoms with Gasteiger partial charge in [-0.05, 0) is 36.3 Å². The van der Waals surface area contributed by atoms with E-state index in [0.717, 1.165) is 32.1 Å². The number of nitrogens with one attached hydrogen (secondary N) is 1. The molecule has 1 aromatic carbocycles. The molecule has 1 saturated heterocycles. The normalized spacial score (nSPS) is 20.6. The van der Waals surface area contributed by atoms with Crippen LogP contribution < -0.4 is 5.32 Å². The van der Waals surface area contributed by atoms with Gasteiger partial charge in [0, 0.05) is 32.9 Å². The van der Waals surface area contributed by atoms with E-state index in [1.807, 2.05) is 17.9 Å². The van der Waals surface area contributed by atoms with Crippen molar-refractivity contribution < 1.29 is 0 Å². The van der Waals surface area contributed by atoms with Crippen molar-refractivity contribution in [3.63, 3.8) is 0 Å². The molecule has 0 aliphatic carbocycles. The highest BCUT2D eigenvalue weighted by Crippen LogP contribution is 2.32. The molecule has 6 heteroatoms. The molecule has 26 heavy (non-hydrogen) atoms. The molecule has 1 fully saturated rings. The summed E-state index contributed by atoms with van der Waals surface area (Å²) in [6.45, 7) is 8.19. The Hall–Kier alpha value is -1.57. The van der Waals surface area contributed by atoms with E-state index in [-0.39, 0.29) is 24.0 Å². The largest absolute Gasteiger partial charge is 0.354 e. The second kappa shape index (κ2) is 9.94. The van der Waals surface area contributed by atoms with Gasteiger partial charge < -0.3 is 10.2 Å². The van der Waals surface area contributed by atoms with Crippen LogP contribution >= 0.6 is 24.0 Å². The Morgan fingerprint density at radius 2 is 2.08 bits per heavy atom. The molecule has 2 atom stereocenters. The summed E-state index contributed by atoms with van der Waals surface area (Å²) in [5.74, 6) is 2.26. The van der Waals surface area contributed by atoms with E-state index >= 15 is 0 Å². The number of likely N-dealkylation sites (tertiary alicyclic amines) is 1. The molecule has 3 rings (SSSR count). The maximum atomic E-state index is 4.48. The number of aryl methyl sites for hydroxylation is 1. The van der Waals surface area contributed by atoms with Gasteiger partial charge in [0.25, 0.3) is 0 Å². The zero-order chi connectivity index (χ0) is 17.6. The molecule has 1 aliphatic heterocycles. The average molecular weight is 467 g/mol. The van der Waals surface area contributed by atoms with Crippen LogP contribution in [-0.4, -0.2) is 47.3 Å². The molecule has 0 bridgehead atoms. The number of piperidine rings is 1. The van der Waals surface area contributed by atoms with E-state index in [2.05, 4.69) is 70.7 Å². The van der Waals surface area contributed by atoms with E-state index in [1.165, 1.54) is 17.5 Å². The summed E-state index contributed by atoms with van der Waals surface area (Å²) < 4.78 is 1.97. The van der Waals surface area contributed by atoms with Gasteiger partial charge in [0.2, 0.25) is 0 Å². The number of nitrogens with zero attached hydrogens (tertiary/aromatic N) is 4. The van der Waals surface area contributed by atoms with Gasteiger partial charge in [0.05, 0.1) is 12.7 Å². The number of hydrogen-bond acceptors (Lipinski definition) is 2. The zero-order valence-corrected chi connectivity index (χ0v) is 18.3. The van der Waals surface area contributed by atoms with Crippen LogP contribution in [0.2, 0.25) is 0 Å². The fraction of sp³-hybridized carbons (Fsp3) is 0.500. The van der Waals surface area contributed by atoms with Crippen molar-refractivity contribution in [2.45, 2.75) is 32.7 Å². The Balaban J connectivity index is 0.00000243. The van der Waals surface area contributed by atoms with E-state index in [9.17, 15) is 0 Å². The molecular formula is C20H30IN5. The summed E-state index contributed by atoms with van der Waals surface area (Å²) in [6, 6.07) is 10.9. The average Bonchev–Trinajstić information content (AvgIpc) is 3.04. The molecule has 2 aromatic rings. The first-order valence-corrected chi connectivity index (χ1v) is 9.17. The van der Waals surface area contributed by atoms with Crippen molar-refractivity contribution in [2.24, 2.45) is 10.9 Å². The maximum Gasteiger partial charge on any atom is 0.193 e. The van der Waals surface area contributed by atoms with Gasteiger partial charge in [0.15, 0.2) is 5.96 Å². The minimum atomic E-state index is 0. The van der Waals surface area contributed by atoms with Crippen molar-refractivity contribution in [2.75, 3.05) is 26.7 Å². The molecule has 0 radical (unpaired) electrons. The first-order valence-electron chi connectivity index (χ1n) is 9.17. The number of aliphatic imine (C=N–C) groups is 1. The lowest BCUT2D eigenvalue weighted by Gasteiger charge is -2.39. The summed E-state index contributed by atoms with van der Waals surface area (Å²) in [7, 11) is 1.87. The highest BCUT2D eigenvalue weighted by molar-refractivity contribution is 14.0. The molecule has 0 spiro atoms. The van der Waals surface area contributed by atoms with E-state index in [0.29, 0.717) is 11.8 Å². The molecule has 1 aliphatic rings. The Kier molecular flexibility index (Phi) is 7.93. The van der Waals surface area contributed by atoms with Crippen molar-refractivity contribution in [3.05, 3.63) is 53.9 Å². The van der Waals surface area contributed by atoms with Crippen LogP contribution in [0.1, 0.15) is 30.4 Å². The highest BCUT2D eigenvalue weighted by atomic mass is 127. The van der Waals surface area contributed by atoms with Crippen molar-refractivity contribution in [1.82, 2.24) is 20.0 Å². The summed E-state index contributed by atoms with van der Waals surface area (Å²) in [6.07, 6.45) is 5.13. The lowest BCUT2D eigenvalue weighted by molar-refractivity contribution is 0.234. The number of guanidine groups is 1. The summed E-state index contributed by atoms with van der Waals surface area (Å²) >= 11 is 0. The Bertz CT molecular complexity index is 697. The number of aromatic nitrogens is 2. The smallest absolute Gasteiger partial charge is 0.193 e. The second-order valence-electron chi connectivity index (χ2n) is 6.98. The van der Waals surface area contributed by atoms with E-state index in [1.54, 1.807) is 0 Å². The van der Waals surface area contributed by atoms with Gasteiger partial charge in [-0.15, -0.1) is 24.0 Å². The van der Waals surface area contributed by atoms with Crippen LogP contribution in [0, 0.1) is 12.8 Å². The Morgan fingerprint density at radius 1 is 1.31 bits per heavy atom. The molecule has 1 N–H and O–H groups in total. The van der Waals surface area contributed by atoms with Crippen molar-refractivity contribution in [3.8, 4) is 0 Å². The minimum Gasteiger partial charge on any atom is -0.354 e. The SMILES string of the molecule is CN=C(NCCn1cc(C)cn1)N1CCC(c2ccccc2)C(C)C1.I. The molecule has 1 aromatic heterocycles. The third-order valence-electron chi connectivity index (χ3n) is 5.03. The minimum absolute atomic E-state index is 0. The molecule has 0 amide bonds. The summed E-state index contributed by atoms with van der Waals surface area (Å²) in [4.78, 5) is 6.87. The molecule has 5 nitrogen and oxygen atoms in total. The number of hydrogen-bond donors (Lipinski definition) is 1. The van der Waals surface area contributed by atoms with Gasteiger partial charge in [-0.3, -0.25) is 9.67 Å². The summed E-state index contributed by atoms with van der Waals surface area (Å²) in [5, 5.41) is 7.82. The molecule has 2 heterocycles. The summed E-state index contributed by atoms with van der Waals surface area (Å²) in [5.41, 5.74) is 2.66. The van der Waals surface area contributed by atoms with Gasteiger partial charge in [-0.1, -0.05) is 37.3 Å². The lowest BCUT2D eigenvalue weighted by Crippen LogP contribution is -2.48. The number of halogens is 1. The van der Waals surface area contributed by atoms with Gasteiger partial charge in [-0.2, -0.15) is 5.10 Å². The fourth-order valence-corrected chi connectivity index (χ4v) is 3.74. The second-order valence-corrected chi connectivity index (χ2v) is 6.98. The Morgan fingerprint density at radius 3 is 2.69 bits per heavy atom. The first-order chi connectivity index (χ1) is 12.2. The van der Waals surface area contributed by atoms with Crippen LogP contribution in [0.3, 0.4) is 0 Å². The van der Waals surface area contributed by atoms with Crippen LogP contribution in [0.4, 0.5) is 0 Å². The van der Waals surface area contributed by atoms with Crippen LogP contribution in [-0.2, 0) is 6.54 Å². The Labute approximate surface area is 173 Å². The predicted molar refractivity (Wildman–Crippen MR) is 118 cm³/mol. The van der Waals surface area contributed by atoms with Gasteiger partial charge >= 0.3 is 0 Å². The topological polar surface area (TPSA) is 45.5 Å². The monoisotopic (exact) mass is 467 g/mol. The van der Waals surface area contributed by atoms with E-state index < -0.39 is 0 Å². The van der Waals surface area contributed by atoms with Gasteiger partial charge in [-0.25, -0.2) is 0 Å². The third kappa shape index (κ3) is 5.22. The number of rotatable bonds is 4. The maximum absolute atomic E-state index is 4.48. The van der Waals surface area contributed by atoms with Gasteiger partial charge in [0.1, 0.15) is 0 Å². The molecule has 0 saturated carbocycles. The van der Waals surface area contributed by atoms with Crippen LogP contribution in [0.15, 0.2) is 47.7 Å². The van der Waals surface area contributed by atoms with Crippen LogP contribution in [0.25, 0.3) is 0 Å². The zero-order valence-electron chi connectivity index (χ0n) is 15.9. The lowest BCUT2D eigenvalue weighted by atomic mass is 9.82. The van der Waals surface area contributed by atoms with E-state index in [4.69, 9.17) is 0 Å². The van der Waals surface area contributed by atoms with Crippen LogP contribution in [0.5, 0.6) is 0 Å².